The molecule has 1 heterocycles. The monoisotopic (exact) mass is 447 g/mol. The highest BCUT2D eigenvalue weighted by Crippen LogP contribution is 2.15. The molecule has 2 rings (SSSR count). The van der Waals surface area contributed by atoms with E-state index in [9.17, 15) is 9.59 Å². The van der Waals surface area contributed by atoms with Gasteiger partial charge < -0.3 is 14.4 Å². The van der Waals surface area contributed by atoms with E-state index in [4.69, 9.17) is 0 Å². The third-order valence-electron chi connectivity index (χ3n) is 4.62. The molecule has 0 saturated heterocycles. The Morgan fingerprint density at radius 1 is 1.07 bits per heavy atom. The summed E-state index contributed by atoms with van der Waals surface area (Å²) in [7, 11) is 1.98. The first-order valence-corrected chi connectivity index (χ1v) is 10.4. The maximum Gasteiger partial charge on any atom is 0.254 e. The molecule has 0 unspecified atom stereocenters. The lowest BCUT2D eigenvalue weighted by molar-refractivity contribution is -0.133. The number of aromatic nitrogens is 1. The van der Waals surface area contributed by atoms with Crippen LogP contribution in [0.15, 0.2) is 47.1 Å². The SMILES string of the molecule is CC(C)CN(Cc1cccn1C)C(=O)CN(C(=O)c1ccc(Br)cc1)C(C)C. The summed E-state index contributed by atoms with van der Waals surface area (Å²) in [6, 6.07) is 11.2. The summed E-state index contributed by atoms with van der Waals surface area (Å²) in [4.78, 5) is 29.6. The van der Waals surface area contributed by atoms with Gasteiger partial charge in [-0.1, -0.05) is 29.8 Å². The van der Waals surface area contributed by atoms with Crippen LogP contribution >= 0.6 is 15.9 Å². The molecule has 6 heteroatoms. The molecule has 0 spiro atoms. The Hall–Kier alpha value is -2.08. The Bertz CT molecular complexity index is 796. The van der Waals surface area contributed by atoms with E-state index in [1.54, 1.807) is 17.0 Å². The van der Waals surface area contributed by atoms with Crippen molar-refractivity contribution in [1.29, 1.82) is 0 Å². The van der Waals surface area contributed by atoms with Crippen molar-refractivity contribution in [3.05, 3.63) is 58.3 Å². The lowest BCUT2D eigenvalue weighted by Gasteiger charge is -2.31. The van der Waals surface area contributed by atoms with Gasteiger partial charge in [-0.15, -0.1) is 0 Å². The first-order valence-electron chi connectivity index (χ1n) is 9.63. The van der Waals surface area contributed by atoms with E-state index in [2.05, 4.69) is 29.8 Å². The van der Waals surface area contributed by atoms with Crippen LogP contribution in [-0.2, 0) is 18.4 Å². The molecule has 5 nitrogen and oxygen atoms in total. The molecule has 0 fully saturated rings. The van der Waals surface area contributed by atoms with Gasteiger partial charge >= 0.3 is 0 Å². The van der Waals surface area contributed by atoms with Crippen LogP contribution in [0.3, 0.4) is 0 Å². The van der Waals surface area contributed by atoms with E-state index in [1.165, 1.54) is 0 Å². The predicted molar refractivity (Wildman–Crippen MR) is 116 cm³/mol. The zero-order chi connectivity index (χ0) is 20.8. The van der Waals surface area contributed by atoms with Gasteiger partial charge in [-0.2, -0.15) is 0 Å². The summed E-state index contributed by atoms with van der Waals surface area (Å²) >= 11 is 3.39. The molecule has 0 aliphatic rings. The van der Waals surface area contributed by atoms with E-state index >= 15 is 0 Å². The zero-order valence-corrected chi connectivity index (χ0v) is 18.9. The molecule has 1 aromatic heterocycles. The van der Waals surface area contributed by atoms with Gasteiger partial charge in [0.2, 0.25) is 5.91 Å². The van der Waals surface area contributed by atoms with Crippen molar-refractivity contribution in [3.8, 4) is 0 Å². The molecular weight excluding hydrogens is 418 g/mol. The summed E-state index contributed by atoms with van der Waals surface area (Å²) in [5, 5.41) is 0. The predicted octanol–water partition coefficient (Wildman–Crippen LogP) is 4.32. The minimum Gasteiger partial charge on any atom is -0.353 e. The van der Waals surface area contributed by atoms with Crippen molar-refractivity contribution in [1.82, 2.24) is 14.4 Å². The summed E-state index contributed by atoms with van der Waals surface area (Å²) in [5.41, 5.74) is 1.66. The molecule has 1 aromatic carbocycles. The van der Waals surface area contributed by atoms with Gasteiger partial charge in [0.25, 0.3) is 5.91 Å². The van der Waals surface area contributed by atoms with Crippen LogP contribution in [0.25, 0.3) is 0 Å². The van der Waals surface area contributed by atoms with Gasteiger partial charge in [-0.05, 0) is 56.2 Å². The highest BCUT2D eigenvalue weighted by atomic mass is 79.9. The lowest BCUT2D eigenvalue weighted by atomic mass is 10.1. The number of rotatable bonds is 8. The van der Waals surface area contributed by atoms with Crippen molar-refractivity contribution in [2.24, 2.45) is 13.0 Å². The van der Waals surface area contributed by atoms with Gasteiger partial charge in [-0.25, -0.2) is 0 Å². The van der Waals surface area contributed by atoms with Crippen LogP contribution in [0.5, 0.6) is 0 Å². The molecule has 2 aromatic rings. The second kappa shape index (κ2) is 9.92. The second-order valence-corrected chi connectivity index (χ2v) is 8.73. The summed E-state index contributed by atoms with van der Waals surface area (Å²) in [5.74, 6) is 0.187. The van der Waals surface area contributed by atoms with E-state index < -0.39 is 0 Å². The summed E-state index contributed by atoms with van der Waals surface area (Å²) in [6.45, 7) is 9.34. The quantitative estimate of drug-likeness (QED) is 0.604. The molecular formula is C22H30BrN3O2. The summed E-state index contributed by atoms with van der Waals surface area (Å²) < 4.78 is 2.94. The number of hydrogen-bond acceptors (Lipinski definition) is 2. The molecule has 2 amide bonds. The number of aryl methyl sites for hydroxylation is 1. The largest absolute Gasteiger partial charge is 0.353 e. The third-order valence-corrected chi connectivity index (χ3v) is 5.15. The third kappa shape index (κ3) is 5.96. The van der Waals surface area contributed by atoms with Gasteiger partial charge in [0.1, 0.15) is 6.54 Å². The Balaban J connectivity index is 2.18. The number of hydrogen-bond donors (Lipinski definition) is 0. The van der Waals surface area contributed by atoms with Crippen LogP contribution in [0.2, 0.25) is 0 Å². The van der Waals surface area contributed by atoms with Crippen LogP contribution < -0.4 is 0 Å². The Morgan fingerprint density at radius 3 is 2.21 bits per heavy atom. The summed E-state index contributed by atoms with van der Waals surface area (Å²) in [6.07, 6.45) is 1.98. The van der Waals surface area contributed by atoms with Crippen molar-refractivity contribution < 1.29 is 9.59 Å². The van der Waals surface area contributed by atoms with Gasteiger partial charge in [-0.3, -0.25) is 9.59 Å². The number of carbonyl (C=O) groups excluding carboxylic acids is 2. The standard InChI is InChI=1S/C22H30BrN3O2/c1-16(2)13-25(14-20-7-6-12-24(20)5)21(27)15-26(17(3)4)22(28)18-8-10-19(23)11-9-18/h6-12,16-17H,13-15H2,1-5H3. The van der Waals surface area contributed by atoms with Crippen molar-refractivity contribution >= 4 is 27.7 Å². The highest BCUT2D eigenvalue weighted by molar-refractivity contribution is 9.10. The number of amides is 2. The molecule has 0 aliphatic carbocycles. The van der Waals surface area contributed by atoms with Crippen molar-refractivity contribution in [2.75, 3.05) is 13.1 Å². The fourth-order valence-corrected chi connectivity index (χ4v) is 3.31. The molecule has 0 aliphatic heterocycles. The average molecular weight is 448 g/mol. The molecule has 0 atom stereocenters. The smallest absolute Gasteiger partial charge is 0.254 e. The van der Waals surface area contributed by atoms with E-state index in [0.29, 0.717) is 24.6 Å². The fourth-order valence-electron chi connectivity index (χ4n) is 3.04. The fraction of sp³-hybridized carbons (Fsp3) is 0.455. The topological polar surface area (TPSA) is 45.6 Å². The van der Waals surface area contributed by atoms with Crippen LogP contribution in [-0.4, -0.2) is 45.3 Å². The average Bonchev–Trinajstić information content (AvgIpc) is 3.03. The van der Waals surface area contributed by atoms with Gasteiger partial charge in [0.15, 0.2) is 0 Å². The second-order valence-electron chi connectivity index (χ2n) is 7.81. The van der Waals surface area contributed by atoms with Gasteiger partial charge in [0, 0.05) is 41.6 Å². The Kier molecular flexibility index (Phi) is 7.87. The van der Waals surface area contributed by atoms with Crippen molar-refractivity contribution in [2.45, 2.75) is 40.3 Å². The van der Waals surface area contributed by atoms with Gasteiger partial charge in [0.05, 0.1) is 6.54 Å². The van der Waals surface area contributed by atoms with E-state index in [-0.39, 0.29) is 24.4 Å². The molecule has 152 valence electrons. The maximum atomic E-state index is 13.1. The van der Waals surface area contributed by atoms with E-state index in [1.807, 2.05) is 60.8 Å². The number of nitrogens with zero attached hydrogens (tertiary/aromatic N) is 3. The number of carbonyl (C=O) groups is 2. The first-order chi connectivity index (χ1) is 13.2. The number of halogens is 1. The molecule has 0 bridgehead atoms. The lowest BCUT2D eigenvalue weighted by Crippen LogP contribution is -2.46. The molecule has 0 radical (unpaired) electrons. The maximum absolute atomic E-state index is 13.1. The molecule has 0 saturated carbocycles. The first kappa shape index (κ1) is 22.2. The zero-order valence-electron chi connectivity index (χ0n) is 17.4. The Morgan fingerprint density at radius 2 is 1.71 bits per heavy atom. The minimum absolute atomic E-state index is 0.0333. The normalized spacial score (nSPS) is 11.1. The highest BCUT2D eigenvalue weighted by Gasteiger charge is 2.25. The van der Waals surface area contributed by atoms with E-state index in [0.717, 1.165) is 10.2 Å². The van der Waals surface area contributed by atoms with Crippen LogP contribution in [0.1, 0.15) is 43.7 Å². The van der Waals surface area contributed by atoms with Crippen molar-refractivity contribution in [3.63, 3.8) is 0 Å². The molecule has 0 N–H and O–H groups in total. The molecule has 28 heavy (non-hydrogen) atoms. The van der Waals surface area contributed by atoms with Crippen LogP contribution in [0, 0.1) is 5.92 Å². The van der Waals surface area contributed by atoms with Crippen LogP contribution in [0.4, 0.5) is 0 Å². The minimum atomic E-state index is -0.126. The Labute approximate surface area is 176 Å². The number of benzene rings is 1.